The Morgan fingerprint density at radius 2 is 2.12 bits per heavy atom. The zero-order chi connectivity index (χ0) is 11.7. The van der Waals surface area contributed by atoms with Gasteiger partial charge in [-0.1, -0.05) is 13.8 Å². The van der Waals surface area contributed by atoms with Gasteiger partial charge in [-0.15, -0.1) is 0 Å². The third kappa shape index (κ3) is 1.78. The third-order valence-electron chi connectivity index (χ3n) is 2.47. The molecule has 1 N–H and O–H groups in total. The maximum atomic E-state index is 11.7. The van der Waals surface area contributed by atoms with Gasteiger partial charge in [-0.25, -0.2) is 4.98 Å². The number of methoxy groups -OCH3 is 1. The Morgan fingerprint density at radius 1 is 1.38 bits per heavy atom. The maximum absolute atomic E-state index is 11.7. The number of fused-ring (bicyclic) bond motifs is 1. The first-order valence-electron chi connectivity index (χ1n) is 5.20. The average molecular weight is 218 g/mol. The van der Waals surface area contributed by atoms with Crippen molar-refractivity contribution in [2.75, 3.05) is 7.11 Å². The number of aromatic nitrogens is 2. The number of hydrogen-bond donors (Lipinski definition) is 1. The molecule has 2 aromatic rings. The molecule has 0 bridgehead atoms. The first-order valence-corrected chi connectivity index (χ1v) is 5.20. The van der Waals surface area contributed by atoms with Gasteiger partial charge in [0, 0.05) is 12.0 Å². The lowest BCUT2D eigenvalue weighted by Gasteiger charge is -2.06. The summed E-state index contributed by atoms with van der Waals surface area (Å²) in [5.74, 6) is 0.831. The van der Waals surface area contributed by atoms with Gasteiger partial charge in [0.2, 0.25) is 0 Å². The van der Waals surface area contributed by atoms with Gasteiger partial charge >= 0.3 is 0 Å². The van der Waals surface area contributed by atoms with E-state index < -0.39 is 0 Å². The second-order valence-electron chi connectivity index (χ2n) is 3.99. The zero-order valence-electron chi connectivity index (χ0n) is 9.57. The number of benzene rings is 1. The molecule has 84 valence electrons. The Kier molecular flexibility index (Phi) is 2.64. The SMILES string of the molecule is COc1ccc2nc(C(C)C)c(=O)[nH]c2c1. The van der Waals surface area contributed by atoms with Crippen LogP contribution < -0.4 is 10.3 Å². The van der Waals surface area contributed by atoms with Gasteiger partial charge < -0.3 is 9.72 Å². The molecule has 0 amide bonds. The van der Waals surface area contributed by atoms with Gasteiger partial charge in [0.25, 0.3) is 5.56 Å². The van der Waals surface area contributed by atoms with E-state index in [0.717, 1.165) is 5.52 Å². The molecule has 1 aromatic heterocycles. The summed E-state index contributed by atoms with van der Waals surface area (Å²) < 4.78 is 5.09. The second-order valence-corrected chi connectivity index (χ2v) is 3.99. The standard InChI is InChI=1S/C12H14N2O2/c1-7(2)11-12(15)14-10-6-8(16-3)4-5-9(10)13-11/h4-7H,1-3H3,(H,14,15). The van der Waals surface area contributed by atoms with E-state index in [1.807, 2.05) is 26.0 Å². The molecule has 0 radical (unpaired) electrons. The summed E-state index contributed by atoms with van der Waals surface area (Å²) in [4.78, 5) is 18.9. The number of hydrogen-bond acceptors (Lipinski definition) is 3. The monoisotopic (exact) mass is 218 g/mol. The minimum Gasteiger partial charge on any atom is -0.497 e. The maximum Gasteiger partial charge on any atom is 0.270 e. The fourth-order valence-electron chi connectivity index (χ4n) is 1.60. The van der Waals surface area contributed by atoms with Crippen LogP contribution in [-0.2, 0) is 0 Å². The lowest BCUT2D eigenvalue weighted by Crippen LogP contribution is -2.16. The highest BCUT2D eigenvalue weighted by Gasteiger charge is 2.08. The predicted octanol–water partition coefficient (Wildman–Crippen LogP) is 2.06. The van der Waals surface area contributed by atoms with E-state index in [1.54, 1.807) is 13.2 Å². The molecule has 0 aliphatic heterocycles. The molecule has 0 spiro atoms. The molecule has 1 heterocycles. The van der Waals surface area contributed by atoms with Gasteiger partial charge in [0.1, 0.15) is 11.4 Å². The molecule has 0 saturated carbocycles. The third-order valence-corrected chi connectivity index (χ3v) is 2.47. The molecule has 4 heteroatoms. The van der Waals surface area contributed by atoms with Crippen molar-refractivity contribution in [1.82, 2.24) is 9.97 Å². The van der Waals surface area contributed by atoms with Crippen LogP contribution in [0.1, 0.15) is 25.5 Å². The summed E-state index contributed by atoms with van der Waals surface area (Å²) in [6.07, 6.45) is 0. The van der Waals surface area contributed by atoms with Crippen LogP contribution in [0.2, 0.25) is 0 Å². The molecule has 1 aromatic carbocycles. The van der Waals surface area contributed by atoms with Crippen molar-refractivity contribution in [3.8, 4) is 5.75 Å². The Balaban J connectivity index is 2.69. The van der Waals surface area contributed by atoms with Crippen molar-refractivity contribution < 1.29 is 4.74 Å². The summed E-state index contributed by atoms with van der Waals surface area (Å²) in [5.41, 5.74) is 1.92. The van der Waals surface area contributed by atoms with Crippen molar-refractivity contribution in [2.45, 2.75) is 19.8 Å². The van der Waals surface area contributed by atoms with Crippen LogP contribution in [0.3, 0.4) is 0 Å². The molecular formula is C12H14N2O2. The van der Waals surface area contributed by atoms with Gasteiger partial charge in [-0.2, -0.15) is 0 Å². The zero-order valence-corrected chi connectivity index (χ0v) is 9.57. The lowest BCUT2D eigenvalue weighted by atomic mass is 10.1. The molecule has 4 nitrogen and oxygen atoms in total. The van der Waals surface area contributed by atoms with Crippen LogP contribution >= 0.6 is 0 Å². The summed E-state index contributed by atoms with van der Waals surface area (Å²) in [7, 11) is 1.59. The fourth-order valence-corrected chi connectivity index (χ4v) is 1.60. The summed E-state index contributed by atoms with van der Waals surface area (Å²) in [6.45, 7) is 3.90. The number of H-pyrrole nitrogens is 1. The van der Waals surface area contributed by atoms with Gasteiger partial charge in [-0.05, 0) is 12.1 Å². The molecule has 0 atom stereocenters. The van der Waals surface area contributed by atoms with E-state index in [2.05, 4.69) is 9.97 Å². The quantitative estimate of drug-likeness (QED) is 0.839. The summed E-state index contributed by atoms with van der Waals surface area (Å²) in [5, 5.41) is 0. The van der Waals surface area contributed by atoms with Gasteiger partial charge in [0.05, 0.1) is 18.1 Å². The van der Waals surface area contributed by atoms with E-state index in [4.69, 9.17) is 4.74 Å². The largest absolute Gasteiger partial charge is 0.497 e. The van der Waals surface area contributed by atoms with Crippen LogP contribution in [0.15, 0.2) is 23.0 Å². The molecule has 16 heavy (non-hydrogen) atoms. The summed E-state index contributed by atoms with van der Waals surface area (Å²) in [6, 6.07) is 5.45. The summed E-state index contributed by atoms with van der Waals surface area (Å²) >= 11 is 0. The highest BCUT2D eigenvalue weighted by molar-refractivity contribution is 5.75. The Morgan fingerprint density at radius 3 is 2.75 bits per heavy atom. The van der Waals surface area contributed by atoms with E-state index in [1.165, 1.54) is 0 Å². The number of ether oxygens (including phenoxy) is 1. The van der Waals surface area contributed by atoms with Crippen LogP contribution in [0.5, 0.6) is 5.75 Å². The fraction of sp³-hybridized carbons (Fsp3) is 0.333. The average Bonchev–Trinajstić information content (AvgIpc) is 2.27. The number of aromatic amines is 1. The lowest BCUT2D eigenvalue weighted by molar-refractivity contribution is 0.415. The van der Waals surface area contributed by atoms with E-state index in [9.17, 15) is 4.79 Å². The topological polar surface area (TPSA) is 55.0 Å². The van der Waals surface area contributed by atoms with Crippen LogP contribution in [-0.4, -0.2) is 17.1 Å². The van der Waals surface area contributed by atoms with E-state index in [-0.39, 0.29) is 11.5 Å². The predicted molar refractivity (Wildman–Crippen MR) is 63.0 cm³/mol. The Hall–Kier alpha value is -1.84. The highest BCUT2D eigenvalue weighted by Crippen LogP contribution is 2.17. The first kappa shape index (κ1) is 10.7. The Labute approximate surface area is 93.3 Å². The minimum absolute atomic E-state index is 0.121. The van der Waals surface area contributed by atoms with Crippen molar-refractivity contribution in [2.24, 2.45) is 0 Å². The highest BCUT2D eigenvalue weighted by atomic mass is 16.5. The second kappa shape index (κ2) is 3.96. The first-order chi connectivity index (χ1) is 7.61. The van der Waals surface area contributed by atoms with Crippen molar-refractivity contribution in [3.05, 3.63) is 34.2 Å². The van der Waals surface area contributed by atoms with E-state index in [0.29, 0.717) is 17.0 Å². The van der Waals surface area contributed by atoms with Crippen molar-refractivity contribution in [1.29, 1.82) is 0 Å². The molecule has 2 rings (SSSR count). The van der Waals surface area contributed by atoms with Crippen LogP contribution in [0.4, 0.5) is 0 Å². The minimum atomic E-state index is -0.129. The normalized spacial score (nSPS) is 11.0. The number of nitrogens with one attached hydrogen (secondary N) is 1. The van der Waals surface area contributed by atoms with Crippen LogP contribution in [0, 0.1) is 0 Å². The van der Waals surface area contributed by atoms with Gasteiger partial charge in [0.15, 0.2) is 0 Å². The van der Waals surface area contributed by atoms with Gasteiger partial charge in [-0.3, -0.25) is 4.79 Å². The molecule has 0 aliphatic carbocycles. The molecule has 0 aliphatic rings. The van der Waals surface area contributed by atoms with Crippen molar-refractivity contribution >= 4 is 11.0 Å². The van der Waals surface area contributed by atoms with Crippen molar-refractivity contribution in [3.63, 3.8) is 0 Å². The van der Waals surface area contributed by atoms with E-state index >= 15 is 0 Å². The number of nitrogens with zero attached hydrogens (tertiary/aromatic N) is 1. The number of rotatable bonds is 2. The molecule has 0 saturated heterocycles. The Bertz CT molecular complexity index is 573. The van der Waals surface area contributed by atoms with Crippen LogP contribution in [0.25, 0.3) is 11.0 Å². The molecule has 0 unspecified atom stereocenters. The smallest absolute Gasteiger partial charge is 0.270 e. The molecule has 0 fully saturated rings. The molecular weight excluding hydrogens is 204 g/mol.